The van der Waals surface area contributed by atoms with E-state index in [0.717, 1.165) is 25.7 Å². The fourth-order valence-electron chi connectivity index (χ4n) is 1.96. The smallest absolute Gasteiger partial charge is 0.449 e. The molecular formula is C7H11BF3-. The minimum Gasteiger partial charge on any atom is -0.449 e. The topological polar surface area (TPSA) is 0 Å². The van der Waals surface area contributed by atoms with E-state index in [-0.39, 0.29) is 11.8 Å². The molecule has 2 aliphatic carbocycles. The molecule has 0 saturated heterocycles. The van der Waals surface area contributed by atoms with E-state index >= 15 is 0 Å². The molecule has 0 aromatic heterocycles. The second-order valence-electron chi connectivity index (χ2n) is 3.88. The van der Waals surface area contributed by atoms with Crippen molar-refractivity contribution in [1.29, 1.82) is 0 Å². The van der Waals surface area contributed by atoms with Crippen LogP contribution in [0.25, 0.3) is 0 Å². The van der Waals surface area contributed by atoms with Gasteiger partial charge in [0.05, 0.1) is 0 Å². The van der Waals surface area contributed by atoms with Gasteiger partial charge in [0.15, 0.2) is 0 Å². The first-order valence-corrected chi connectivity index (χ1v) is 4.29. The summed E-state index contributed by atoms with van der Waals surface area (Å²) in [5.74, 6) is -0.847. The lowest BCUT2D eigenvalue weighted by Crippen LogP contribution is -2.27. The highest BCUT2D eigenvalue weighted by atomic mass is 19.4. The molecule has 0 spiro atoms. The maximum absolute atomic E-state index is 12.4. The molecule has 2 fully saturated rings. The highest BCUT2D eigenvalue weighted by Gasteiger charge is 2.51. The number of rotatable bonds is 3. The van der Waals surface area contributed by atoms with Crippen molar-refractivity contribution < 1.29 is 12.9 Å². The molecular weight excluding hydrogens is 152 g/mol. The molecule has 0 amide bonds. The zero-order valence-corrected chi connectivity index (χ0v) is 6.27. The van der Waals surface area contributed by atoms with Gasteiger partial charge in [-0.1, -0.05) is 43.3 Å². The normalized spacial score (nSPS) is 26.2. The van der Waals surface area contributed by atoms with Crippen LogP contribution in [0, 0.1) is 11.8 Å². The Bertz CT molecular complexity index is 146. The van der Waals surface area contributed by atoms with E-state index in [0.29, 0.717) is 0 Å². The second-order valence-corrected chi connectivity index (χ2v) is 3.88. The van der Waals surface area contributed by atoms with E-state index in [4.69, 9.17) is 0 Å². The Morgan fingerprint density at radius 3 is 1.45 bits per heavy atom. The predicted octanol–water partition coefficient (Wildman–Crippen LogP) is 3.02. The summed E-state index contributed by atoms with van der Waals surface area (Å²) in [6.45, 7) is -4.53. The van der Waals surface area contributed by atoms with E-state index in [1.54, 1.807) is 0 Å². The maximum atomic E-state index is 12.4. The number of halogens is 3. The van der Waals surface area contributed by atoms with Crippen molar-refractivity contribution >= 4 is 6.98 Å². The summed E-state index contributed by atoms with van der Waals surface area (Å²) in [4.78, 5) is 0. The van der Waals surface area contributed by atoms with Gasteiger partial charge < -0.3 is 12.9 Å². The van der Waals surface area contributed by atoms with E-state index in [9.17, 15) is 12.9 Å². The zero-order chi connectivity index (χ0) is 8.06. The van der Waals surface area contributed by atoms with E-state index in [1.807, 2.05) is 0 Å². The Labute approximate surface area is 64.2 Å². The monoisotopic (exact) mass is 163 g/mol. The van der Waals surface area contributed by atoms with Crippen LogP contribution in [0.15, 0.2) is 0 Å². The summed E-state index contributed by atoms with van der Waals surface area (Å²) in [5.41, 5.74) is 0. The lowest BCUT2D eigenvalue weighted by Gasteiger charge is -2.26. The summed E-state index contributed by atoms with van der Waals surface area (Å²) in [6.07, 6.45) is 3.29. The van der Waals surface area contributed by atoms with Crippen LogP contribution in [0.4, 0.5) is 12.9 Å². The average Bonchev–Trinajstić information content (AvgIpc) is 2.50. The third-order valence-corrected chi connectivity index (χ3v) is 2.77. The Balaban J connectivity index is 2.02. The molecule has 0 bridgehead atoms. The van der Waals surface area contributed by atoms with Crippen molar-refractivity contribution in [2.75, 3.05) is 0 Å². The largest absolute Gasteiger partial charge is 0.481 e. The summed E-state index contributed by atoms with van der Waals surface area (Å²) in [5, 5.41) is 0. The van der Waals surface area contributed by atoms with Gasteiger partial charge in [-0.25, -0.2) is 0 Å². The maximum Gasteiger partial charge on any atom is 0.481 e. The lowest BCUT2D eigenvalue weighted by molar-refractivity contribution is 0.396. The molecule has 0 unspecified atom stereocenters. The zero-order valence-electron chi connectivity index (χ0n) is 6.27. The molecule has 0 aromatic carbocycles. The van der Waals surface area contributed by atoms with Crippen molar-refractivity contribution in [1.82, 2.24) is 0 Å². The van der Waals surface area contributed by atoms with Gasteiger partial charge in [-0.15, -0.1) is 0 Å². The van der Waals surface area contributed by atoms with Crippen molar-refractivity contribution in [2.24, 2.45) is 11.8 Å². The van der Waals surface area contributed by atoms with Crippen LogP contribution >= 0.6 is 0 Å². The second kappa shape index (κ2) is 2.17. The third kappa shape index (κ3) is 1.54. The molecule has 64 valence electrons. The third-order valence-electron chi connectivity index (χ3n) is 2.77. The van der Waals surface area contributed by atoms with Gasteiger partial charge in [0, 0.05) is 0 Å². The molecule has 2 saturated carbocycles. The van der Waals surface area contributed by atoms with Gasteiger partial charge in [-0.3, -0.25) is 0 Å². The van der Waals surface area contributed by atoms with Crippen molar-refractivity contribution in [3.63, 3.8) is 0 Å². The van der Waals surface area contributed by atoms with Crippen LogP contribution in [0.3, 0.4) is 0 Å². The molecule has 2 rings (SSSR count). The Hall–Kier alpha value is -0.145. The van der Waals surface area contributed by atoms with Gasteiger partial charge in [-0.2, -0.15) is 0 Å². The lowest BCUT2D eigenvalue weighted by atomic mass is 9.66. The quantitative estimate of drug-likeness (QED) is 0.561. The molecule has 4 heteroatoms. The molecule has 0 heterocycles. The molecule has 2 aliphatic rings. The highest BCUT2D eigenvalue weighted by molar-refractivity contribution is 6.60. The van der Waals surface area contributed by atoms with Crippen molar-refractivity contribution in [3.8, 4) is 0 Å². The van der Waals surface area contributed by atoms with Crippen LogP contribution in [0.5, 0.6) is 0 Å². The first-order chi connectivity index (χ1) is 5.09. The molecule has 0 atom stereocenters. The molecule has 0 N–H and O–H groups in total. The van der Waals surface area contributed by atoms with Crippen LogP contribution in [0.2, 0.25) is 5.82 Å². The molecule has 0 aliphatic heterocycles. The van der Waals surface area contributed by atoms with Gasteiger partial charge >= 0.3 is 6.98 Å². The average molecular weight is 163 g/mol. The molecule has 0 radical (unpaired) electrons. The van der Waals surface area contributed by atoms with E-state index < -0.39 is 12.8 Å². The highest BCUT2D eigenvalue weighted by Crippen LogP contribution is 2.58. The fraction of sp³-hybridized carbons (Fsp3) is 1.00. The SMILES string of the molecule is F[B-](F)(F)C(C1CC1)C1CC1. The van der Waals surface area contributed by atoms with Crippen LogP contribution in [-0.2, 0) is 0 Å². The first-order valence-electron chi connectivity index (χ1n) is 4.29. The van der Waals surface area contributed by atoms with E-state index in [2.05, 4.69) is 0 Å². The minimum absolute atomic E-state index is 0.0162. The summed E-state index contributed by atoms with van der Waals surface area (Å²) in [7, 11) is 0. The van der Waals surface area contributed by atoms with Crippen LogP contribution in [0.1, 0.15) is 25.7 Å². The Morgan fingerprint density at radius 1 is 0.909 bits per heavy atom. The van der Waals surface area contributed by atoms with Gasteiger partial charge in [-0.05, 0) is 0 Å². The van der Waals surface area contributed by atoms with Crippen molar-refractivity contribution in [3.05, 3.63) is 0 Å². The summed E-state index contributed by atoms with van der Waals surface area (Å²) in [6, 6.07) is 0. The van der Waals surface area contributed by atoms with Crippen LogP contribution in [-0.4, -0.2) is 6.98 Å². The Morgan fingerprint density at radius 2 is 1.27 bits per heavy atom. The van der Waals surface area contributed by atoms with Gasteiger partial charge in [0.2, 0.25) is 0 Å². The van der Waals surface area contributed by atoms with E-state index in [1.165, 1.54) is 0 Å². The van der Waals surface area contributed by atoms with Gasteiger partial charge in [0.25, 0.3) is 0 Å². The fourth-order valence-corrected chi connectivity index (χ4v) is 1.96. The number of hydrogen-bond donors (Lipinski definition) is 0. The molecule has 0 aromatic rings. The summed E-state index contributed by atoms with van der Waals surface area (Å²) >= 11 is 0. The van der Waals surface area contributed by atoms with Crippen molar-refractivity contribution in [2.45, 2.75) is 31.5 Å². The molecule has 0 nitrogen and oxygen atoms in total. The Kier molecular flexibility index (Phi) is 1.48. The first kappa shape index (κ1) is 7.50. The summed E-state index contributed by atoms with van der Waals surface area (Å²) < 4.78 is 37.1. The minimum atomic E-state index is -4.53. The van der Waals surface area contributed by atoms with Gasteiger partial charge in [0.1, 0.15) is 0 Å². The van der Waals surface area contributed by atoms with Crippen LogP contribution < -0.4 is 0 Å². The molecule has 11 heavy (non-hydrogen) atoms. The predicted molar refractivity (Wildman–Crippen MR) is 38.3 cm³/mol. The number of hydrogen-bond acceptors (Lipinski definition) is 0. The standard InChI is InChI=1S/C7H11BF3/c9-8(10,11)7(5-1-2-5)6-3-4-6/h5-7H,1-4H2/q-1.